The van der Waals surface area contributed by atoms with Crippen molar-refractivity contribution in [3.63, 3.8) is 0 Å². The Kier molecular flexibility index (Phi) is 6.18. The van der Waals surface area contributed by atoms with Crippen molar-refractivity contribution in [3.05, 3.63) is 65.7 Å². The lowest BCUT2D eigenvalue weighted by Crippen LogP contribution is -2.36. The molecule has 2 atom stereocenters. The molecule has 2 unspecified atom stereocenters. The van der Waals surface area contributed by atoms with Crippen LogP contribution in [0.2, 0.25) is 0 Å². The number of aliphatic hydroxyl groups excluding tert-OH is 1. The highest BCUT2D eigenvalue weighted by Gasteiger charge is 2.18. The Morgan fingerprint density at radius 3 is 2.39 bits per heavy atom. The van der Waals surface area contributed by atoms with Crippen molar-refractivity contribution in [2.45, 2.75) is 31.9 Å². The second-order valence-electron chi connectivity index (χ2n) is 5.61. The second kappa shape index (κ2) is 8.34. The molecule has 0 saturated carbocycles. The van der Waals surface area contributed by atoms with Crippen molar-refractivity contribution in [2.75, 3.05) is 7.11 Å². The molecule has 0 spiro atoms. The number of aliphatic hydroxyl groups is 1. The van der Waals surface area contributed by atoms with Crippen LogP contribution in [0.4, 0.5) is 0 Å². The van der Waals surface area contributed by atoms with Gasteiger partial charge in [-0.25, -0.2) is 0 Å². The molecule has 0 saturated heterocycles. The van der Waals surface area contributed by atoms with Gasteiger partial charge in [0.25, 0.3) is 5.91 Å². The molecule has 23 heavy (non-hydrogen) atoms. The molecule has 122 valence electrons. The number of rotatable bonds is 7. The van der Waals surface area contributed by atoms with E-state index in [0.717, 1.165) is 18.6 Å². The van der Waals surface area contributed by atoms with Gasteiger partial charge in [0.05, 0.1) is 7.11 Å². The SMILES string of the molecule is COc1ccc(CCC(C)NC(=O)C(O)c2ccccc2)cc1. The highest BCUT2D eigenvalue weighted by molar-refractivity contribution is 5.82. The molecule has 0 fully saturated rings. The van der Waals surface area contributed by atoms with Crippen molar-refractivity contribution in [1.29, 1.82) is 0 Å². The average molecular weight is 313 g/mol. The highest BCUT2D eigenvalue weighted by atomic mass is 16.5. The minimum atomic E-state index is -1.13. The van der Waals surface area contributed by atoms with Gasteiger partial charge in [0, 0.05) is 6.04 Å². The number of hydrogen-bond donors (Lipinski definition) is 2. The highest BCUT2D eigenvalue weighted by Crippen LogP contribution is 2.15. The molecule has 0 bridgehead atoms. The molecule has 1 amide bonds. The fourth-order valence-electron chi connectivity index (χ4n) is 2.36. The van der Waals surface area contributed by atoms with Crippen LogP contribution < -0.4 is 10.1 Å². The minimum absolute atomic E-state index is 0.0111. The Labute approximate surface area is 137 Å². The van der Waals surface area contributed by atoms with Crippen molar-refractivity contribution < 1.29 is 14.6 Å². The van der Waals surface area contributed by atoms with E-state index in [9.17, 15) is 9.90 Å². The number of benzene rings is 2. The molecule has 0 radical (unpaired) electrons. The van der Waals surface area contributed by atoms with Gasteiger partial charge in [0.2, 0.25) is 0 Å². The van der Waals surface area contributed by atoms with Gasteiger partial charge in [-0.05, 0) is 43.0 Å². The Balaban J connectivity index is 1.81. The summed E-state index contributed by atoms with van der Waals surface area (Å²) in [4.78, 5) is 12.1. The molecule has 2 aromatic carbocycles. The van der Waals surface area contributed by atoms with Gasteiger partial charge in [-0.2, -0.15) is 0 Å². The van der Waals surface area contributed by atoms with E-state index in [1.807, 2.05) is 37.3 Å². The van der Waals surface area contributed by atoms with E-state index in [-0.39, 0.29) is 11.9 Å². The minimum Gasteiger partial charge on any atom is -0.497 e. The third-order valence-corrected chi connectivity index (χ3v) is 3.78. The molecular weight excluding hydrogens is 290 g/mol. The molecular formula is C19H23NO3. The van der Waals surface area contributed by atoms with Crippen LogP contribution in [-0.2, 0) is 11.2 Å². The number of aryl methyl sites for hydroxylation is 1. The molecule has 0 aliphatic carbocycles. The first kappa shape index (κ1) is 17.0. The molecule has 2 N–H and O–H groups in total. The molecule has 0 aliphatic heterocycles. The van der Waals surface area contributed by atoms with Crippen LogP contribution in [0.15, 0.2) is 54.6 Å². The number of carbonyl (C=O) groups is 1. The van der Waals surface area contributed by atoms with Crippen LogP contribution >= 0.6 is 0 Å². The Bertz CT molecular complexity index is 610. The summed E-state index contributed by atoms with van der Waals surface area (Å²) in [5.41, 5.74) is 1.79. The quantitative estimate of drug-likeness (QED) is 0.826. The third-order valence-electron chi connectivity index (χ3n) is 3.78. The van der Waals surface area contributed by atoms with Crippen molar-refractivity contribution >= 4 is 5.91 Å². The Morgan fingerprint density at radius 1 is 1.13 bits per heavy atom. The summed E-state index contributed by atoms with van der Waals surface area (Å²) in [7, 11) is 1.64. The van der Waals surface area contributed by atoms with Crippen molar-refractivity contribution in [1.82, 2.24) is 5.32 Å². The number of amides is 1. The second-order valence-corrected chi connectivity index (χ2v) is 5.61. The van der Waals surface area contributed by atoms with Crippen LogP contribution in [0.1, 0.15) is 30.6 Å². The lowest BCUT2D eigenvalue weighted by molar-refractivity contribution is -0.130. The van der Waals surface area contributed by atoms with Gasteiger partial charge >= 0.3 is 0 Å². The number of carbonyl (C=O) groups excluding carboxylic acids is 1. The summed E-state index contributed by atoms with van der Waals surface area (Å²) >= 11 is 0. The first-order valence-electron chi connectivity index (χ1n) is 7.76. The smallest absolute Gasteiger partial charge is 0.253 e. The topological polar surface area (TPSA) is 58.6 Å². The predicted octanol–water partition coefficient (Wildman–Crippen LogP) is 2.87. The van der Waals surface area contributed by atoms with Crippen LogP contribution in [0.25, 0.3) is 0 Å². The summed E-state index contributed by atoms with van der Waals surface area (Å²) in [5, 5.41) is 12.9. The van der Waals surface area contributed by atoms with Crippen LogP contribution in [0, 0.1) is 0 Å². The molecule has 2 rings (SSSR count). The maximum Gasteiger partial charge on any atom is 0.253 e. The normalized spacial score (nSPS) is 13.2. The molecule has 0 aliphatic rings. The molecule has 4 nitrogen and oxygen atoms in total. The molecule has 0 heterocycles. The molecule has 0 aromatic heterocycles. The van der Waals surface area contributed by atoms with Crippen LogP contribution in [0.5, 0.6) is 5.75 Å². The van der Waals surface area contributed by atoms with E-state index < -0.39 is 6.10 Å². The standard InChI is InChI=1S/C19H23NO3/c1-14(8-9-15-10-12-17(23-2)13-11-15)20-19(22)18(21)16-6-4-3-5-7-16/h3-7,10-14,18,21H,8-9H2,1-2H3,(H,20,22). The van der Waals surface area contributed by atoms with E-state index in [1.165, 1.54) is 5.56 Å². The van der Waals surface area contributed by atoms with E-state index in [2.05, 4.69) is 5.32 Å². The number of ether oxygens (including phenoxy) is 1. The van der Waals surface area contributed by atoms with E-state index in [1.54, 1.807) is 31.4 Å². The molecule has 4 heteroatoms. The zero-order valence-corrected chi connectivity index (χ0v) is 13.5. The Morgan fingerprint density at radius 2 is 1.78 bits per heavy atom. The van der Waals surface area contributed by atoms with Gasteiger partial charge in [-0.1, -0.05) is 42.5 Å². The van der Waals surface area contributed by atoms with Crippen molar-refractivity contribution in [3.8, 4) is 5.75 Å². The average Bonchev–Trinajstić information content (AvgIpc) is 2.60. The zero-order valence-electron chi connectivity index (χ0n) is 13.5. The summed E-state index contributed by atoms with van der Waals surface area (Å²) < 4.78 is 5.13. The Hall–Kier alpha value is -2.33. The van der Waals surface area contributed by atoms with Crippen LogP contribution in [0.3, 0.4) is 0 Å². The van der Waals surface area contributed by atoms with Crippen LogP contribution in [-0.4, -0.2) is 24.2 Å². The number of methoxy groups -OCH3 is 1. The fraction of sp³-hybridized carbons (Fsp3) is 0.316. The van der Waals surface area contributed by atoms with E-state index in [0.29, 0.717) is 5.56 Å². The molecule has 2 aromatic rings. The van der Waals surface area contributed by atoms with Gasteiger partial charge in [0.15, 0.2) is 6.10 Å². The summed E-state index contributed by atoms with van der Waals surface area (Å²) in [6.07, 6.45) is 0.534. The van der Waals surface area contributed by atoms with Crippen molar-refractivity contribution in [2.24, 2.45) is 0 Å². The largest absolute Gasteiger partial charge is 0.497 e. The lowest BCUT2D eigenvalue weighted by Gasteiger charge is -2.17. The zero-order chi connectivity index (χ0) is 16.7. The van der Waals surface area contributed by atoms with Gasteiger partial charge in [-0.3, -0.25) is 4.79 Å². The third kappa shape index (κ3) is 5.11. The van der Waals surface area contributed by atoms with E-state index >= 15 is 0 Å². The number of hydrogen-bond acceptors (Lipinski definition) is 3. The summed E-state index contributed by atoms with van der Waals surface area (Å²) in [6.45, 7) is 1.94. The first-order chi connectivity index (χ1) is 11.1. The number of nitrogens with one attached hydrogen (secondary N) is 1. The maximum atomic E-state index is 12.1. The van der Waals surface area contributed by atoms with Gasteiger partial charge in [-0.15, -0.1) is 0 Å². The summed E-state index contributed by atoms with van der Waals surface area (Å²) in [6, 6.07) is 16.8. The summed E-state index contributed by atoms with van der Waals surface area (Å²) in [5.74, 6) is 0.472. The lowest BCUT2D eigenvalue weighted by atomic mass is 10.0. The first-order valence-corrected chi connectivity index (χ1v) is 7.76. The van der Waals surface area contributed by atoms with Gasteiger partial charge < -0.3 is 15.2 Å². The van der Waals surface area contributed by atoms with Gasteiger partial charge in [0.1, 0.15) is 5.75 Å². The fourth-order valence-corrected chi connectivity index (χ4v) is 2.36. The maximum absolute atomic E-state index is 12.1. The van der Waals surface area contributed by atoms with E-state index in [4.69, 9.17) is 4.74 Å². The monoisotopic (exact) mass is 313 g/mol. The predicted molar refractivity (Wildman–Crippen MR) is 90.3 cm³/mol.